The van der Waals surface area contributed by atoms with Crippen molar-refractivity contribution in [3.63, 3.8) is 0 Å². The summed E-state index contributed by atoms with van der Waals surface area (Å²) in [6, 6.07) is 37.3. The lowest BCUT2D eigenvalue weighted by molar-refractivity contribution is -0.119. The fourth-order valence-corrected chi connectivity index (χ4v) is 16.4. The molecule has 5 aromatic rings. The van der Waals surface area contributed by atoms with Crippen LogP contribution in [-0.2, 0) is 19.2 Å². The number of nitrogens with two attached hydrogens (primary N) is 5. The Bertz CT molecular complexity index is 3740. The van der Waals surface area contributed by atoms with E-state index in [9.17, 15) is 43.2 Å². The van der Waals surface area contributed by atoms with Crippen molar-refractivity contribution < 1.29 is 43.2 Å². The Morgan fingerprint density at radius 2 is 0.393 bits per heavy atom. The highest BCUT2D eigenvalue weighted by Crippen LogP contribution is 2.33. The van der Waals surface area contributed by atoms with Crippen LogP contribution in [0.1, 0.15) is 375 Å². The molecule has 5 aromatic carbocycles. The van der Waals surface area contributed by atoms with Gasteiger partial charge in [-0.1, -0.05) is 312 Å². The Hall–Kier alpha value is -8.53. The summed E-state index contributed by atoms with van der Waals surface area (Å²) in [5.74, 6) is 1.86. The number of hydrogen-bond donors (Lipinski definition) is 9. The van der Waals surface area contributed by atoms with E-state index in [0.29, 0.717) is 75.0 Å². The number of hydrogen-bond acceptors (Lipinski definition) is 18. The summed E-state index contributed by atoms with van der Waals surface area (Å²) >= 11 is 7.55. The Balaban J connectivity index is 0.000000241. The number of rotatable bonds is 26. The van der Waals surface area contributed by atoms with Crippen molar-refractivity contribution in [2.75, 3.05) is 139 Å². The highest BCUT2D eigenvalue weighted by molar-refractivity contribution is 8.00. The van der Waals surface area contributed by atoms with Gasteiger partial charge < -0.3 is 74.4 Å². The monoisotopic (exact) mass is 2010 g/mol. The quantitative estimate of drug-likeness (QED) is 0.0183. The molecule has 0 spiro atoms. The number of anilines is 5. The van der Waals surface area contributed by atoms with Gasteiger partial charge in [-0.25, -0.2) is 0 Å². The van der Waals surface area contributed by atoms with Crippen LogP contribution in [0.25, 0.3) is 0 Å². The average Bonchev–Trinajstić information content (AvgIpc) is 1.72. The molecule has 23 nitrogen and oxygen atoms in total. The molecule has 5 aliphatic heterocycles. The first-order valence-electron chi connectivity index (χ1n) is 53.8. The minimum Gasteiger partial charge on any atom is -0.370 e. The highest BCUT2D eigenvalue weighted by Gasteiger charge is 2.28. The third kappa shape index (κ3) is 70.2. The molecule has 13 saturated carbocycles. The fraction of sp³-hybridized carbons (Fsp3) is 0.637. The van der Waals surface area contributed by atoms with Crippen molar-refractivity contribution in [3.05, 3.63) is 161 Å². The average molecular weight is 2010 g/mol. The topological polar surface area (TPSA) is 348 Å². The molecule has 9 amide bonds. The molecule has 140 heavy (non-hydrogen) atoms. The van der Waals surface area contributed by atoms with Crippen LogP contribution in [0.2, 0.25) is 0 Å². The Morgan fingerprint density at radius 3 is 0.529 bits per heavy atom. The van der Waals surface area contributed by atoms with E-state index in [1.807, 2.05) is 138 Å². The van der Waals surface area contributed by atoms with E-state index in [-0.39, 0.29) is 29.5 Å². The second-order valence-electron chi connectivity index (χ2n) is 38.6. The van der Waals surface area contributed by atoms with Gasteiger partial charge >= 0.3 is 0 Å². The van der Waals surface area contributed by atoms with Gasteiger partial charge in [-0.2, -0.15) is 47.0 Å². The van der Waals surface area contributed by atoms with Crippen LogP contribution in [0.4, 0.5) is 28.4 Å². The summed E-state index contributed by atoms with van der Waals surface area (Å²) in [6.45, 7) is 18.6. The second kappa shape index (κ2) is 76.1. The SMILES string of the molecule is C1CC1.C1CC1.C1CC1.C1CC1.C1CC1.C1CC1.C1CC1.C1CC1.C1CC1.C1CC1.C1CCC1.C1CCC1.C1CCC1.CC(=O)NCCSC1CCN(c2cccc(C(N)=O)c2)C1.CC(=O)NCCSC1CCN(c2cccc(C(N)=O)c2)C1.CC(=O)NCCSC1CCN(c2cccc(C(N)=O)c2)C1.CC(=O)NCCSC1CCN(c2cccc(C(N)=O)c2)C1.NC(=O)c1cccc(N2CC=CC2)c1. The van der Waals surface area contributed by atoms with Gasteiger partial charge in [-0.3, -0.25) is 43.2 Å². The number of primary amides is 5. The smallest absolute Gasteiger partial charge is 0.248 e. The van der Waals surface area contributed by atoms with Crippen molar-refractivity contribution in [1.82, 2.24) is 21.3 Å². The maximum absolute atomic E-state index is 11.2. The van der Waals surface area contributed by atoms with Gasteiger partial charge in [0.1, 0.15) is 0 Å². The van der Waals surface area contributed by atoms with E-state index in [2.05, 4.69) is 57.9 Å². The van der Waals surface area contributed by atoms with Gasteiger partial charge in [0.05, 0.1) is 0 Å². The third-order valence-electron chi connectivity index (χ3n) is 22.7. The minimum atomic E-state index is -0.391. The first kappa shape index (κ1) is 120. The number of nitrogens with one attached hydrogen (secondary N) is 4. The number of carbonyl (C=O) groups is 9. The molecule has 13 aliphatic carbocycles. The lowest BCUT2D eigenvalue weighted by Gasteiger charge is -2.19. The second-order valence-corrected chi connectivity index (χ2v) is 44.3. The van der Waals surface area contributed by atoms with Gasteiger partial charge in [0.15, 0.2) is 0 Å². The predicted octanol–water partition coefficient (Wildman–Crippen LogP) is 22.5. The van der Waals surface area contributed by atoms with E-state index in [4.69, 9.17) is 28.7 Å². The van der Waals surface area contributed by atoms with Crippen LogP contribution in [0.15, 0.2) is 133 Å². The first-order chi connectivity index (χ1) is 68.0. The molecule has 0 radical (unpaired) electrons. The van der Waals surface area contributed by atoms with Gasteiger partial charge in [0.2, 0.25) is 53.2 Å². The van der Waals surface area contributed by atoms with Crippen molar-refractivity contribution in [3.8, 4) is 0 Å². The molecule has 780 valence electrons. The molecule has 0 bridgehead atoms. The van der Waals surface area contributed by atoms with Crippen molar-refractivity contribution in [2.24, 2.45) is 28.7 Å². The van der Waals surface area contributed by atoms with Gasteiger partial charge in [-0.05, 0) is 117 Å². The molecule has 17 fully saturated rings. The number of nitrogens with zero attached hydrogens (tertiary/aromatic N) is 5. The molecule has 4 unspecified atom stereocenters. The number of benzene rings is 5. The van der Waals surface area contributed by atoms with Crippen LogP contribution in [0.5, 0.6) is 0 Å². The predicted molar refractivity (Wildman–Crippen MR) is 597 cm³/mol. The van der Waals surface area contributed by atoms with Crippen molar-refractivity contribution in [1.29, 1.82) is 0 Å². The molecule has 23 rings (SSSR count). The third-order valence-corrected chi connectivity index (χ3v) is 27.9. The molecule has 4 atom stereocenters. The number of thioether (sulfide) groups is 4. The van der Waals surface area contributed by atoms with Gasteiger partial charge in [0.25, 0.3) is 0 Å². The summed E-state index contributed by atoms with van der Waals surface area (Å²) in [5, 5.41) is 13.5. The molecule has 27 heteroatoms. The van der Waals surface area contributed by atoms with Crippen molar-refractivity contribution in [2.45, 2.75) is 344 Å². The lowest BCUT2D eigenvalue weighted by Crippen LogP contribution is -2.24. The summed E-state index contributed by atoms with van der Waals surface area (Å²) < 4.78 is 0. The standard InChI is InChI=1S/4C15H21N3O2S.C11H12N2O.3C4H8.10C3H6/c4*1-11(19)17-6-8-21-14-5-7-18(10-14)13-4-2-3-12(9-13)15(16)20;12-11(14)9-4-3-5-10(8-9)13-6-1-2-7-13;3*1-2-4-3-1;10*1-2-3-1/h4*2-4,9,14H,5-8,10H2,1H3,(H2,16,20)(H,17,19);1-5,8H,6-7H2,(H2,12,14);3*1-4H2;10*1-3H2. The molecule has 18 aliphatic rings. The maximum atomic E-state index is 11.2. The zero-order valence-electron chi connectivity index (χ0n) is 86.2. The van der Waals surface area contributed by atoms with E-state index < -0.39 is 23.6 Å². The van der Waals surface area contributed by atoms with Crippen LogP contribution in [0, 0.1) is 0 Å². The zero-order chi connectivity index (χ0) is 101. The molecule has 0 aromatic heterocycles. The van der Waals surface area contributed by atoms with E-state index >= 15 is 0 Å². The van der Waals surface area contributed by atoms with Gasteiger partial charge in [0, 0.05) is 220 Å². The molecular formula is C113H180N14O9S4. The molecular weight excluding hydrogens is 1830 g/mol. The van der Waals surface area contributed by atoms with Crippen LogP contribution in [-0.4, -0.2) is 189 Å². The summed E-state index contributed by atoms with van der Waals surface area (Å²) in [7, 11) is 0. The normalized spacial score (nSPS) is 19.3. The van der Waals surface area contributed by atoms with E-state index in [0.717, 1.165) is 143 Å². The zero-order valence-corrected chi connectivity index (χ0v) is 89.5. The summed E-state index contributed by atoms with van der Waals surface area (Å²) in [5.41, 5.74) is 34.5. The first-order valence-corrected chi connectivity index (χ1v) is 58.0. The highest BCUT2D eigenvalue weighted by atomic mass is 32.2. The Morgan fingerprint density at radius 1 is 0.243 bits per heavy atom. The summed E-state index contributed by atoms with van der Waals surface area (Å²) in [6.07, 6.45) is 71.7. The summed E-state index contributed by atoms with van der Waals surface area (Å²) in [4.78, 5) is 110. The van der Waals surface area contributed by atoms with Crippen molar-refractivity contribution >= 4 is 129 Å². The van der Waals surface area contributed by atoms with Crippen LogP contribution in [0.3, 0.4) is 0 Å². The van der Waals surface area contributed by atoms with E-state index in [1.54, 1.807) is 30.3 Å². The number of carbonyl (C=O) groups excluding carboxylic acids is 9. The Kier molecular flexibility index (Phi) is 65.4. The van der Waals surface area contributed by atoms with Crippen LogP contribution < -0.4 is 74.4 Å². The minimum absolute atomic E-state index is 0.0203. The van der Waals surface area contributed by atoms with Crippen LogP contribution >= 0.6 is 47.0 Å². The molecule has 14 N–H and O–H groups in total. The van der Waals surface area contributed by atoms with Gasteiger partial charge in [-0.15, -0.1) is 0 Å². The maximum Gasteiger partial charge on any atom is 0.248 e. The molecule has 5 heterocycles. The van der Waals surface area contributed by atoms with E-state index in [1.165, 1.54) is 297 Å². The largest absolute Gasteiger partial charge is 0.370 e. The lowest BCUT2D eigenvalue weighted by atomic mass is 10.0. The number of amides is 9. The molecule has 4 saturated heterocycles. The Labute approximate surface area is 860 Å². The fourth-order valence-electron chi connectivity index (χ4n) is 11.9.